The molecular weight excluding hydrogens is 316 g/mol. The molecule has 158 valence electrons. The Bertz CT molecular complexity index is 367. The lowest BCUT2D eigenvalue weighted by atomic mass is 9.59. The molecule has 0 amide bonds. The van der Waals surface area contributed by atoms with E-state index >= 15 is 0 Å². The molecule has 0 rings (SSSR count). The maximum atomic E-state index is 3.69. The fraction of sp³-hybridized carbons (Fsp3) is 1.00. The fourth-order valence-corrected chi connectivity index (χ4v) is 3.90. The largest absolute Gasteiger partial charge is 0.312 e. The number of rotatable bonds is 11. The van der Waals surface area contributed by atoms with Crippen LogP contribution in [0.4, 0.5) is 0 Å². The first-order chi connectivity index (χ1) is 11.6. The molecule has 0 bridgehead atoms. The van der Waals surface area contributed by atoms with E-state index in [0.29, 0.717) is 10.8 Å². The quantitative estimate of drug-likeness (QED) is 0.399. The molecule has 0 aromatic carbocycles. The third-order valence-corrected chi connectivity index (χ3v) is 6.38. The molecule has 1 N–H and O–H groups in total. The molecule has 0 heterocycles. The highest BCUT2D eigenvalue weighted by atomic mass is 15.1. The van der Waals surface area contributed by atoms with Gasteiger partial charge in [0.25, 0.3) is 0 Å². The van der Waals surface area contributed by atoms with Gasteiger partial charge in [0.2, 0.25) is 0 Å². The van der Waals surface area contributed by atoms with Crippen molar-refractivity contribution in [1.82, 2.24) is 10.2 Å². The van der Waals surface area contributed by atoms with Gasteiger partial charge in [0.15, 0.2) is 0 Å². The van der Waals surface area contributed by atoms with E-state index in [1.165, 1.54) is 51.5 Å². The van der Waals surface area contributed by atoms with E-state index in [-0.39, 0.29) is 11.1 Å². The molecule has 0 radical (unpaired) electrons. The molecule has 0 aromatic rings. The number of hydrogen-bond donors (Lipinski definition) is 1. The van der Waals surface area contributed by atoms with Gasteiger partial charge in [-0.2, -0.15) is 0 Å². The summed E-state index contributed by atoms with van der Waals surface area (Å²) in [5.74, 6) is 0. The van der Waals surface area contributed by atoms with Gasteiger partial charge < -0.3 is 10.2 Å². The van der Waals surface area contributed by atoms with Gasteiger partial charge in [-0.3, -0.25) is 0 Å². The van der Waals surface area contributed by atoms with Crippen molar-refractivity contribution in [3.63, 3.8) is 0 Å². The van der Waals surface area contributed by atoms with Crippen LogP contribution in [0.3, 0.4) is 0 Å². The van der Waals surface area contributed by atoms with Crippen molar-refractivity contribution >= 4 is 0 Å². The first-order valence-corrected chi connectivity index (χ1v) is 11.1. The summed E-state index contributed by atoms with van der Waals surface area (Å²) in [6.07, 6.45) is 9.33. The van der Waals surface area contributed by atoms with E-state index in [0.717, 1.165) is 6.54 Å². The van der Waals surface area contributed by atoms with Crippen LogP contribution in [-0.4, -0.2) is 36.1 Å². The molecule has 1 unspecified atom stereocenters. The molecule has 0 aromatic heterocycles. The smallest absolute Gasteiger partial charge is 0.0122 e. The van der Waals surface area contributed by atoms with E-state index in [9.17, 15) is 0 Å². The van der Waals surface area contributed by atoms with Crippen LogP contribution in [0.15, 0.2) is 0 Å². The Morgan fingerprint density at radius 2 is 1.23 bits per heavy atom. The van der Waals surface area contributed by atoms with Crippen LogP contribution in [0, 0.1) is 10.8 Å². The van der Waals surface area contributed by atoms with Gasteiger partial charge in [-0.15, -0.1) is 0 Å². The minimum Gasteiger partial charge on any atom is -0.312 e. The minimum absolute atomic E-state index is 0.225. The summed E-state index contributed by atoms with van der Waals surface area (Å²) >= 11 is 0. The summed E-state index contributed by atoms with van der Waals surface area (Å²) in [4.78, 5) is 2.52. The fourth-order valence-electron chi connectivity index (χ4n) is 3.90. The molecule has 0 aliphatic rings. The van der Waals surface area contributed by atoms with Crippen molar-refractivity contribution in [3.8, 4) is 0 Å². The molecule has 0 spiro atoms. The van der Waals surface area contributed by atoms with Gasteiger partial charge in [0.05, 0.1) is 0 Å². The maximum absolute atomic E-state index is 3.69. The molecular formula is C24H52N2. The lowest BCUT2D eigenvalue weighted by molar-refractivity contribution is 0.0384. The Morgan fingerprint density at radius 3 is 1.65 bits per heavy atom. The SMILES string of the molecule is CCCCC(CCCNC(C)(C)C)(CCCN(C)C(C)(C)C)C(C)(C)C. The Labute approximate surface area is 166 Å². The van der Waals surface area contributed by atoms with Crippen LogP contribution in [0.25, 0.3) is 0 Å². The molecule has 0 aliphatic heterocycles. The second-order valence-electron chi connectivity index (χ2n) is 11.6. The normalized spacial score (nSPS) is 16.2. The Hall–Kier alpha value is -0.0800. The molecule has 0 aliphatic carbocycles. The third-order valence-electron chi connectivity index (χ3n) is 6.38. The summed E-state index contributed by atoms with van der Waals surface area (Å²) in [7, 11) is 2.28. The first kappa shape index (κ1) is 25.9. The van der Waals surface area contributed by atoms with Gasteiger partial charge in [-0.1, -0.05) is 40.5 Å². The zero-order valence-electron chi connectivity index (χ0n) is 20.3. The number of nitrogens with zero attached hydrogens (tertiary/aromatic N) is 1. The average molecular weight is 369 g/mol. The van der Waals surface area contributed by atoms with Crippen molar-refractivity contribution in [2.24, 2.45) is 10.8 Å². The van der Waals surface area contributed by atoms with E-state index in [4.69, 9.17) is 0 Å². The summed E-state index contributed by atoms with van der Waals surface area (Å²) in [5.41, 5.74) is 1.32. The number of hydrogen-bond acceptors (Lipinski definition) is 2. The van der Waals surface area contributed by atoms with Gasteiger partial charge in [-0.25, -0.2) is 0 Å². The monoisotopic (exact) mass is 368 g/mol. The van der Waals surface area contributed by atoms with Crippen molar-refractivity contribution in [1.29, 1.82) is 0 Å². The van der Waals surface area contributed by atoms with Crippen molar-refractivity contribution in [2.45, 2.75) is 125 Å². The summed E-state index contributed by atoms with van der Waals surface area (Å²) in [6, 6.07) is 0. The second-order valence-corrected chi connectivity index (χ2v) is 11.6. The van der Waals surface area contributed by atoms with E-state index in [1.54, 1.807) is 0 Å². The van der Waals surface area contributed by atoms with E-state index < -0.39 is 0 Å². The second kappa shape index (κ2) is 10.5. The van der Waals surface area contributed by atoms with Crippen LogP contribution < -0.4 is 5.32 Å². The maximum Gasteiger partial charge on any atom is 0.0122 e. The molecule has 2 heteroatoms. The van der Waals surface area contributed by atoms with Crippen LogP contribution in [0.1, 0.15) is 114 Å². The van der Waals surface area contributed by atoms with Crippen LogP contribution in [0.2, 0.25) is 0 Å². The predicted molar refractivity (Wildman–Crippen MR) is 120 cm³/mol. The predicted octanol–water partition coefficient (Wildman–Crippen LogP) is 6.89. The highest BCUT2D eigenvalue weighted by Gasteiger charge is 2.40. The van der Waals surface area contributed by atoms with Crippen molar-refractivity contribution in [2.75, 3.05) is 20.1 Å². The van der Waals surface area contributed by atoms with Gasteiger partial charge >= 0.3 is 0 Å². The van der Waals surface area contributed by atoms with Crippen molar-refractivity contribution < 1.29 is 0 Å². The van der Waals surface area contributed by atoms with Crippen LogP contribution in [0.5, 0.6) is 0 Å². The Balaban J connectivity index is 5.00. The summed E-state index contributed by atoms with van der Waals surface area (Å²) in [6.45, 7) is 25.9. The zero-order chi connectivity index (χ0) is 20.6. The minimum atomic E-state index is 0.225. The Kier molecular flexibility index (Phi) is 10.4. The van der Waals surface area contributed by atoms with Crippen LogP contribution in [-0.2, 0) is 0 Å². The van der Waals surface area contributed by atoms with Gasteiger partial charge in [0, 0.05) is 11.1 Å². The molecule has 26 heavy (non-hydrogen) atoms. The molecule has 0 saturated carbocycles. The zero-order valence-corrected chi connectivity index (χ0v) is 20.3. The summed E-state index contributed by atoms with van der Waals surface area (Å²) < 4.78 is 0. The average Bonchev–Trinajstić information content (AvgIpc) is 2.45. The number of nitrogens with one attached hydrogen (secondary N) is 1. The van der Waals surface area contributed by atoms with Crippen LogP contribution >= 0.6 is 0 Å². The molecule has 0 fully saturated rings. The third kappa shape index (κ3) is 9.74. The Morgan fingerprint density at radius 1 is 0.731 bits per heavy atom. The molecule has 0 saturated heterocycles. The highest BCUT2D eigenvalue weighted by molar-refractivity contribution is 4.91. The standard InChI is InChI=1S/C24H52N2/c1-12-13-16-24(21(2,3)4,17-14-19-25-22(5,6)7)18-15-20-26(11)23(8,9)10/h25H,12-20H2,1-11H3. The first-order valence-electron chi connectivity index (χ1n) is 11.1. The molecule has 2 nitrogen and oxygen atoms in total. The highest BCUT2D eigenvalue weighted by Crippen LogP contribution is 2.50. The topological polar surface area (TPSA) is 15.3 Å². The van der Waals surface area contributed by atoms with Gasteiger partial charge in [-0.05, 0) is 105 Å². The van der Waals surface area contributed by atoms with Crippen molar-refractivity contribution in [3.05, 3.63) is 0 Å². The molecule has 1 atom stereocenters. The van der Waals surface area contributed by atoms with E-state index in [2.05, 4.69) is 86.5 Å². The lowest BCUT2D eigenvalue weighted by Crippen LogP contribution is -2.41. The number of unbranched alkanes of at least 4 members (excludes halogenated alkanes) is 1. The van der Waals surface area contributed by atoms with E-state index in [1.807, 2.05) is 0 Å². The summed E-state index contributed by atoms with van der Waals surface area (Å²) in [5, 5.41) is 3.69. The van der Waals surface area contributed by atoms with Gasteiger partial charge in [0.1, 0.15) is 0 Å². The lowest BCUT2D eigenvalue weighted by Gasteiger charge is -2.47.